The molecular formula is C15H30O3. The third kappa shape index (κ3) is 11.9. The summed E-state index contributed by atoms with van der Waals surface area (Å²) in [7, 11) is 1.44. The maximum Gasteiger partial charge on any atom is 0.305 e. The van der Waals surface area contributed by atoms with E-state index in [0.717, 1.165) is 38.5 Å². The zero-order valence-corrected chi connectivity index (χ0v) is 12.1. The van der Waals surface area contributed by atoms with E-state index in [-0.39, 0.29) is 12.1 Å². The number of aliphatic hydroxyl groups excluding tert-OH is 1. The molecular weight excluding hydrogens is 228 g/mol. The van der Waals surface area contributed by atoms with Crippen LogP contribution < -0.4 is 0 Å². The number of hydrogen-bond donors (Lipinski definition) is 1. The van der Waals surface area contributed by atoms with Gasteiger partial charge in [0.15, 0.2) is 0 Å². The van der Waals surface area contributed by atoms with Crippen LogP contribution in [-0.2, 0) is 9.53 Å². The Hall–Kier alpha value is -0.570. The van der Waals surface area contributed by atoms with E-state index in [1.54, 1.807) is 0 Å². The standard InChI is InChI=1S/C15H30O3/c1-3-11-14(16)12-9-7-5-4-6-8-10-13-15(17)18-2/h14,16H,3-13H2,1-2H3/t14-/m0/s1. The van der Waals surface area contributed by atoms with Crippen molar-refractivity contribution in [2.75, 3.05) is 7.11 Å². The molecule has 3 nitrogen and oxygen atoms in total. The number of methoxy groups -OCH3 is 1. The average Bonchev–Trinajstić information content (AvgIpc) is 2.36. The zero-order valence-electron chi connectivity index (χ0n) is 12.1. The first-order valence-corrected chi connectivity index (χ1v) is 7.45. The molecule has 0 heterocycles. The van der Waals surface area contributed by atoms with Crippen molar-refractivity contribution in [1.29, 1.82) is 0 Å². The fourth-order valence-corrected chi connectivity index (χ4v) is 2.11. The molecule has 18 heavy (non-hydrogen) atoms. The quantitative estimate of drug-likeness (QED) is 0.427. The third-order valence-corrected chi connectivity index (χ3v) is 3.27. The summed E-state index contributed by atoms with van der Waals surface area (Å²) in [6.07, 6.45) is 11.5. The Morgan fingerprint density at radius 2 is 1.56 bits per heavy atom. The first-order chi connectivity index (χ1) is 8.70. The van der Waals surface area contributed by atoms with E-state index >= 15 is 0 Å². The number of rotatable bonds is 12. The maximum absolute atomic E-state index is 10.9. The Labute approximate surface area is 112 Å². The lowest BCUT2D eigenvalue weighted by atomic mass is 10.0. The Bertz CT molecular complexity index is 192. The van der Waals surface area contributed by atoms with Gasteiger partial charge in [0.2, 0.25) is 0 Å². The van der Waals surface area contributed by atoms with Crippen molar-refractivity contribution in [3.8, 4) is 0 Å². The Morgan fingerprint density at radius 3 is 2.11 bits per heavy atom. The number of ether oxygens (including phenoxy) is 1. The predicted molar refractivity (Wildman–Crippen MR) is 74.5 cm³/mol. The number of esters is 1. The molecule has 0 aromatic rings. The molecule has 0 radical (unpaired) electrons. The van der Waals surface area contributed by atoms with Crippen LogP contribution in [0.25, 0.3) is 0 Å². The van der Waals surface area contributed by atoms with Crippen molar-refractivity contribution in [3.63, 3.8) is 0 Å². The highest BCUT2D eigenvalue weighted by atomic mass is 16.5. The summed E-state index contributed by atoms with van der Waals surface area (Å²) >= 11 is 0. The summed E-state index contributed by atoms with van der Waals surface area (Å²) in [6, 6.07) is 0. The lowest BCUT2D eigenvalue weighted by Gasteiger charge is -2.08. The largest absolute Gasteiger partial charge is 0.469 e. The van der Waals surface area contributed by atoms with Crippen molar-refractivity contribution in [2.24, 2.45) is 0 Å². The average molecular weight is 258 g/mol. The van der Waals surface area contributed by atoms with Crippen LogP contribution in [0.3, 0.4) is 0 Å². The molecule has 0 saturated heterocycles. The Morgan fingerprint density at radius 1 is 1.00 bits per heavy atom. The van der Waals surface area contributed by atoms with E-state index in [4.69, 9.17) is 0 Å². The predicted octanol–water partition coefficient (Wildman–Crippen LogP) is 3.83. The SMILES string of the molecule is CCC[C@H](O)CCCCCCCCCC(=O)OC. The second-order valence-electron chi connectivity index (χ2n) is 5.03. The summed E-state index contributed by atoms with van der Waals surface area (Å²) < 4.78 is 4.59. The molecule has 1 atom stereocenters. The number of hydrogen-bond acceptors (Lipinski definition) is 3. The van der Waals surface area contributed by atoms with Crippen LogP contribution in [-0.4, -0.2) is 24.3 Å². The molecule has 0 aliphatic heterocycles. The van der Waals surface area contributed by atoms with Gasteiger partial charge in [-0.25, -0.2) is 0 Å². The zero-order chi connectivity index (χ0) is 13.6. The van der Waals surface area contributed by atoms with Gasteiger partial charge < -0.3 is 9.84 Å². The fraction of sp³-hybridized carbons (Fsp3) is 0.933. The van der Waals surface area contributed by atoms with Gasteiger partial charge in [-0.3, -0.25) is 4.79 Å². The van der Waals surface area contributed by atoms with Crippen LogP contribution >= 0.6 is 0 Å². The van der Waals surface area contributed by atoms with Crippen LogP contribution in [0.2, 0.25) is 0 Å². The number of aliphatic hydroxyl groups is 1. The first kappa shape index (κ1) is 17.4. The molecule has 0 unspecified atom stereocenters. The molecule has 0 spiro atoms. The molecule has 3 heteroatoms. The first-order valence-electron chi connectivity index (χ1n) is 7.45. The van der Waals surface area contributed by atoms with Crippen molar-refractivity contribution >= 4 is 5.97 Å². The minimum Gasteiger partial charge on any atom is -0.469 e. The van der Waals surface area contributed by atoms with Crippen LogP contribution in [0.4, 0.5) is 0 Å². The van der Waals surface area contributed by atoms with Crippen LogP contribution in [0.1, 0.15) is 77.6 Å². The second-order valence-corrected chi connectivity index (χ2v) is 5.03. The maximum atomic E-state index is 10.9. The van der Waals surface area contributed by atoms with Gasteiger partial charge >= 0.3 is 5.97 Å². The van der Waals surface area contributed by atoms with Gasteiger partial charge in [0.25, 0.3) is 0 Å². The number of carbonyl (C=O) groups excluding carboxylic acids is 1. The summed E-state index contributed by atoms with van der Waals surface area (Å²) in [5.41, 5.74) is 0. The molecule has 0 bridgehead atoms. The van der Waals surface area contributed by atoms with Crippen LogP contribution in [0.5, 0.6) is 0 Å². The Balaban J connectivity index is 3.09. The van der Waals surface area contributed by atoms with Gasteiger partial charge in [-0.05, 0) is 19.3 Å². The molecule has 0 aliphatic carbocycles. The molecule has 108 valence electrons. The van der Waals surface area contributed by atoms with E-state index < -0.39 is 0 Å². The van der Waals surface area contributed by atoms with Gasteiger partial charge in [0.1, 0.15) is 0 Å². The number of carbonyl (C=O) groups is 1. The number of unbranched alkanes of at least 4 members (excludes halogenated alkanes) is 6. The summed E-state index contributed by atoms with van der Waals surface area (Å²) in [4.78, 5) is 10.9. The monoisotopic (exact) mass is 258 g/mol. The fourth-order valence-electron chi connectivity index (χ4n) is 2.11. The van der Waals surface area contributed by atoms with Crippen molar-refractivity contribution in [2.45, 2.75) is 83.7 Å². The molecule has 0 rings (SSSR count). The minimum atomic E-state index is -0.0973. The normalized spacial score (nSPS) is 12.4. The molecule has 0 aromatic carbocycles. The van der Waals surface area contributed by atoms with Crippen molar-refractivity contribution < 1.29 is 14.6 Å². The Kier molecular flexibility index (Phi) is 12.5. The van der Waals surface area contributed by atoms with E-state index in [9.17, 15) is 9.90 Å². The second kappa shape index (κ2) is 12.9. The van der Waals surface area contributed by atoms with Gasteiger partial charge in [-0.15, -0.1) is 0 Å². The van der Waals surface area contributed by atoms with Crippen molar-refractivity contribution in [3.05, 3.63) is 0 Å². The van der Waals surface area contributed by atoms with E-state index in [1.165, 1.54) is 32.8 Å². The highest BCUT2D eigenvalue weighted by Gasteiger charge is 2.02. The smallest absolute Gasteiger partial charge is 0.305 e. The highest BCUT2D eigenvalue weighted by molar-refractivity contribution is 5.68. The molecule has 0 aromatic heterocycles. The van der Waals surface area contributed by atoms with Crippen LogP contribution in [0, 0.1) is 0 Å². The van der Waals surface area contributed by atoms with Crippen molar-refractivity contribution in [1.82, 2.24) is 0 Å². The van der Waals surface area contributed by atoms with E-state index in [2.05, 4.69) is 11.7 Å². The molecule has 1 N–H and O–H groups in total. The highest BCUT2D eigenvalue weighted by Crippen LogP contribution is 2.12. The van der Waals surface area contributed by atoms with Gasteiger partial charge in [0.05, 0.1) is 13.2 Å². The molecule has 0 saturated carbocycles. The molecule has 0 fully saturated rings. The van der Waals surface area contributed by atoms with Gasteiger partial charge in [0, 0.05) is 6.42 Å². The minimum absolute atomic E-state index is 0.0879. The summed E-state index contributed by atoms with van der Waals surface area (Å²) in [5.74, 6) is -0.0973. The lowest BCUT2D eigenvalue weighted by Crippen LogP contribution is -2.04. The summed E-state index contributed by atoms with van der Waals surface area (Å²) in [5, 5.41) is 9.55. The molecule has 0 aliphatic rings. The van der Waals surface area contributed by atoms with Crippen LogP contribution in [0.15, 0.2) is 0 Å². The van der Waals surface area contributed by atoms with Gasteiger partial charge in [-0.1, -0.05) is 51.9 Å². The third-order valence-electron chi connectivity index (χ3n) is 3.27. The summed E-state index contributed by atoms with van der Waals surface area (Å²) in [6.45, 7) is 2.11. The topological polar surface area (TPSA) is 46.5 Å². The lowest BCUT2D eigenvalue weighted by molar-refractivity contribution is -0.140. The molecule has 0 amide bonds. The van der Waals surface area contributed by atoms with E-state index in [0.29, 0.717) is 6.42 Å². The van der Waals surface area contributed by atoms with Gasteiger partial charge in [-0.2, -0.15) is 0 Å². The van der Waals surface area contributed by atoms with E-state index in [1.807, 2.05) is 0 Å².